The van der Waals surface area contributed by atoms with E-state index in [0.717, 1.165) is 38.0 Å². The molecule has 0 bridgehead atoms. The highest BCUT2D eigenvalue weighted by Gasteiger charge is 2.17. The van der Waals surface area contributed by atoms with Crippen LogP contribution in [0.25, 0.3) is 0 Å². The highest BCUT2D eigenvalue weighted by Crippen LogP contribution is 2.27. The van der Waals surface area contributed by atoms with Crippen molar-refractivity contribution >= 4 is 11.4 Å². The number of aliphatic hydroxyl groups excluding tert-OH is 1. The van der Waals surface area contributed by atoms with E-state index in [2.05, 4.69) is 22.3 Å². The topological polar surface area (TPSA) is 61.5 Å². The number of aliphatic hydroxyl groups is 1. The second-order valence-corrected chi connectivity index (χ2v) is 5.11. The number of nitrogens with zero attached hydrogens (tertiary/aromatic N) is 1. The van der Waals surface area contributed by atoms with Crippen molar-refractivity contribution < 1.29 is 5.11 Å². The summed E-state index contributed by atoms with van der Waals surface area (Å²) in [6.45, 7) is 2.00. The van der Waals surface area contributed by atoms with Gasteiger partial charge < -0.3 is 21.1 Å². The van der Waals surface area contributed by atoms with Gasteiger partial charge in [-0.15, -0.1) is 0 Å². The van der Waals surface area contributed by atoms with Crippen LogP contribution < -0.4 is 11.1 Å². The number of fused-ring (bicyclic) bond motifs is 1. The summed E-state index contributed by atoms with van der Waals surface area (Å²) in [6, 6.07) is 6.62. The number of hydrogen-bond acceptors (Lipinski definition) is 4. The zero-order chi connectivity index (χ0) is 13.0. The summed E-state index contributed by atoms with van der Waals surface area (Å²) in [5.41, 5.74) is 9.19. The fourth-order valence-electron chi connectivity index (χ4n) is 2.46. The molecule has 0 aromatic heterocycles. The van der Waals surface area contributed by atoms with Crippen molar-refractivity contribution in [2.75, 3.05) is 37.8 Å². The van der Waals surface area contributed by atoms with Crippen LogP contribution in [0.5, 0.6) is 0 Å². The van der Waals surface area contributed by atoms with Gasteiger partial charge in [0.25, 0.3) is 0 Å². The quantitative estimate of drug-likeness (QED) is 0.689. The van der Waals surface area contributed by atoms with E-state index in [1.165, 1.54) is 11.3 Å². The highest BCUT2D eigenvalue weighted by atomic mass is 16.3. The molecule has 0 saturated carbocycles. The van der Waals surface area contributed by atoms with E-state index in [9.17, 15) is 0 Å². The van der Waals surface area contributed by atoms with Gasteiger partial charge >= 0.3 is 0 Å². The van der Waals surface area contributed by atoms with Crippen molar-refractivity contribution in [1.82, 2.24) is 4.90 Å². The molecule has 1 aromatic rings. The molecule has 4 heteroatoms. The van der Waals surface area contributed by atoms with E-state index in [0.29, 0.717) is 6.04 Å². The third-order valence-corrected chi connectivity index (χ3v) is 3.59. The monoisotopic (exact) mass is 249 g/mol. The molecule has 1 unspecified atom stereocenters. The normalized spacial score (nSPS) is 18.5. The molecule has 1 aromatic carbocycles. The summed E-state index contributed by atoms with van der Waals surface area (Å²) in [7, 11) is 2.05. The number of likely N-dealkylation sites (N-methyl/N-ethyl adjacent to an activating group) is 1. The molecule has 0 fully saturated rings. The van der Waals surface area contributed by atoms with Gasteiger partial charge in [0, 0.05) is 24.0 Å². The largest absolute Gasteiger partial charge is 0.399 e. The molecule has 1 atom stereocenters. The van der Waals surface area contributed by atoms with Gasteiger partial charge in [0.05, 0.1) is 6.61 Å². The van der Waals surface area contributed by atoms with E-state index in [4.69, 9.17) is 10.8 Å². The van der Waals surface area contributed by atoms with Crippen molar-refractivity contribution in [1.29, 1.82) is 0 Å². The molecule has 18 heavy (non-hydrogen) atoms. The Balaban J connectivity index is 1.86. The lowest BCUT2D eigenvalue weighted by atomic mass is 9.96. The Kier molecular flexibility index (Phi) is 4.44. The molecule has 0 amide bonds. The van der Waals surface area contributed by atoms with Gasteiger partial charge in [-0.3, -0.25) is 0 Å². The first-order valence-electron chi connectivity index (χ1n) is 6.63. The van der Waals surface area contributed by atoms with Crippen LogP contribution in [0.2, 0.25) is 0 Å². The van der Waals surface area contributed by atoms with E-state index in [1.807, 2.05) is 13.1 Å². The molecule has 4 N–H and O–H groups in total. The van der Waals surface area contributed by atoms with E-state index in [-0.39, 0.29) is 6.61 Å². The summed E-state index contributed by atoms with van der Waals surface area (Å²) >= 11 is 0. The van der Waals surface area contributed by atoms with Gasteiger partial charge in [0.2, 0.25) is 0 Å². The minimum Gasteiger partial charge on any atom is -0.399 e. The van der Waals surface area contributed by atoms with Gasteiger partial charge in [-0.2, -0.15) is 0 Å². The van der Waals surface area contributed by atoms with E-state index >= 15 is 0 Å². The fraction of sp³-hybridized carbons (Fsp3) is 0.571. The molecule has 4 nitrogen and oxygen atoms in total. The number of rotatable bonds is 5. The molecule has 1 heterocycles. The van der Waals surface area contributed by atoms with Gasteiger partial charge in [-0.25, -0.2) is 0 Å². The smallest absolute Gasteiger partial charge is 0.0558 e. The Morgan fingerprint density at radius 1 is 1.44 bits per heavy atom. The van der Waals surface area contributed by atoms with Crippen LogP contribution in [0.4, 0.5) is 11.4 Å². The lowest BCUT2D eigenvalue weighted by Gasteiger charge is -2.28. The lowest BCUT2D eigenvalue weighted by Crippen LogP contribution is -2.31. The first-order chi connectivity index (χ1) is 8.69. The highest BCUT2D eigenvalue weighted by molar-refractivity contribution is 5.59. The second kappa shape index (κ2) is 6.07. The maximum atomic E-state index is 8.86. The van der Waals surface area contributed by atoms with Crippen molar-refractivity contribution in [2.24, 2.45) is 0 Å². The maximum absolute atomic E-state index is 8.86. The summed E-state index contributed by atoms with van der Waals surface area (Å²) in [5, 5.41) is 12.4. The van der Waals surface area contributed by atoms with Crippen molar-refractivity contribution in [3.8, 4) is 0 Å². The van der Waals surface area contributed by atoms with Crippen LogP contribution >= 0.6 is 0 Å². The third-order valence-electron chi connectivity index (χ3n) is 3.59. The Morgan fingerprint density at radius 2 is 2.28 bits per heavy atom. The molecule has 1 aliphatic rings. The Labute approximate surface area is 109 Å². The zero-order valence-electron chi connectivity index (χ0n) is 11.0. The van der Waals surface area contributed by atoms with Crippen LogP contribution in [0.1, 0.15) is 18.4 Å². The van der Waals surface area contributed by atoms with Crippen LogP contribution in [0.15, 0.2) is 18.2 Å². The van der Waals surface area contributed by atoms with Crippen LogP contribution in [0.3, 0.4) is 0 Å². The molecule has 1 aliphatic heterocycles. The van der Waals surface area contributed by atoms with Gasteiger partial charge in [0.15, 0.2) is 0 Å². The summed E-state index contributed by atoms with van der Waals surface area (Å²) in [4.78, 5) is 2.17. The number of nitrogens with one attached hydrogen (secondary N) is 1. The minimum atomic E-state index is 0.233. The number of hydrogen-bond donors (Lipinski definition) is 3. The van der Waals surface area contributed by atoms with E-state index in [1.54, 1.807) is 0 Å². The van der Waals surface area contributed by atoms with Crippen LogP contribution in [0, 0.1) is 0 Å². The Hall–Kier alpha value is -1.26. The maximum Gasteiger partial charge on any atom is 0.0558 e. The Bertz CT molecular complexity index is 395. The standard InChI is InChI=1S/C14H23N3O/c1-17(8-9-18)7-6-13-4-2-11-10-12(15)3-5-14(11)16-13/h3,5,10,13,16,18H,2,4,6-9,15H2,1H3. The van der Waals surface area contributed by atoms with Gasteiger partial charge in [-0.1, -0.05) is 0 Å². The molecule has 0 saturated heterocycles. The predicted octanol–water partition coefficient (Wildman–Crippen LogP) is 1.31. The molecular formula is C14H23N3O. The molecule has 0 aliphatic carbocycles. The van der Waals surface area contributed by atoms with Gasteiger partial charge in [0.1, 0.15) is 0 Å². The number of nitrogen functional groups attached to an aromatic ring is 1. The number of anilines is 2. The number of nitrogens with two attached hydrogens (primary N) is 1. The molecule has 0 spiro atoms. The fourth-order valence-corrected chi connectivity index (χ4v) is 2.46. The first kappa shape index (κ1) is 13.2. The summed E-state index contributed by atoms with van der Waals surface area (Å²) in [5.74, 6) is 0. The van der Waals surface area contributed by atoms with Gasteiger partial charge in [-0.05, 0) is 56.6 Å². The van der Waals surface area contributed by atoms with Crippen molar-refractivity contribution in [2.45, 2.75) is 25.3 Å². The molecular weight excluding hydrogens is 226 g/mol. The molecule has 2 rings (SSSR count). The SMILES string of the molecule is CN(CCO)CCC1CCc2cc(N)ccc2N1. The summed E-state index contributed by atoms with van der Waals surface area (Å²) in [6.07, 6.45) is 3.37. The third kappa shape index (κ3) is 3.37. The lowest BCUT2D eigenvalue weighted by molar-refractivity contribution is 0.217. The number of benzene rings is 1. The number of aryl methyl sites for hydroxylation is 1. The predicted molar refractivity (Wildman–Crippen MR) is 75.8 cm³/mol. The van der Waals surface area contributed by atoms with Crippen LogP contribution in [-0.2, 0) is 6.42 Å². The second-order valence-electron chi connectivity index (χ2n) is 5.11. The van der Waals surface area contributed by atoms with Crippen LogP contribution in [-0.4, -0.2) is 42.8 Å². The zero-order valence-corrected chi connectivity index (χ0v) is 11.0. The average molecular weight is 249 g/mol. The van der Waals surface area contributed by atoms with Crippen molar-refractivity contribution in [3.63, 3.8) is 0 Å². The minimum absolute atomic E-state index is 0.233. The first-order valence-corrected chi connectivity index (χ1v) is 6.63. The summed E-state index contributed by atoms with van der Waals surface area (Å²) < 4.78 is 0. The molecule has 0 radical (unpaired) electrons. The molecule has 100 valence electrons. The van der Waals surface area contributed by atoms with Crippen molar-refractivity contribution in [3.05, 3.63) is 23.8 Å². The Morgan fingerprint density at radius 3 is 3.06 bits per heavy atom. The van der Waals surface area contributed by atoms with E-state index < -0.39 is 0 Å². The average Bonchev–Trinajstić information content (AvgIpc) is 2.36.